The first kappa shape index (κ1) is 31.4. The Morgan fingerprint density at radius 3 is 2.06 bits per heavy atom. The summed E-state index contributed by atoms with van der Waals surface area (Å²) in [6, 6.07) is 3.56. The zero-order chi connectivity index (χ0) is 27.5. The Labute approximate surface area is 217 Å². The van der Waals surface area contributed by atoms with Gasteiger partial charge in [-0.2, -0.15) is 0 Å². The Morgan fingerprint density at radius 1 is 0.972 bits per heavy atom. The third-order valence-corrected chi connectivity index (χ3v) is 5.51. The Morgan fingerprint density at radius 2 is 1.56 bits per heavy atom. The lowest BCUT2D eigenvalue weighted by Crippen LogP contribution is -2.55. The van der Waals surface area contributed by atoms with Crippen molar-refractivity contribution in [2.75, 3.05) is 13.2 Å². The second-order valence-electron chi connectivity index (χ2n) is 10.8. The number of hydrogen-bond donors (Lipinski definition) is 3. The van der Waals surface area contributed by atoms with Gasteiger partial charge >= 0.3 is 6.09 Å². The van der Waals surface area contributed by atoms with Gasteiger partial charge in [0.25, 0.3) is 0 Å². The van der Waals surface area contributed by atoms with Crippen LogP contribution >= 0.6 is 0 Å². The highest BCUT2D eigenvalue weighted by Crippen LogP contribution is 2.26. The van der Waals surface area contributed by atoms with Crippen LogP contribution in [0.15, 0.2) is 18.2 Å². The first-order valence-electron chi connectivity index (χ1n) is 13.1. The van der Waals surface area contributed by atoms with Crippen LogP contribution in [0.2, 0.25) is 0 Å². The van der Waals surface area contributed by atoms with Crippen molar-refractivity contribution in [3.8, 4) is 0 Å². The second kappa shape index (κ2) is 14.8. The molecule has 2 unspecified atom stereocenters. The molecule has 1 aromatic rings. The molecule has 0 heterocycles. The highest BCUT2D eigenvalue weighted by atomic mass is 16.6. The molecule has 0 saturated carbocycles. The summed E-state index contributed by atoms with van der Waals surface area (Å²) in [5, 5.41) is 15.5. The van der Waals surface area contributed by atoms with Crippen molar-refractivity contribution in [3.63, 3.8) is 0 Å². The van der Waals surface area contributed by atoms with Crippen LogP contribution in [-0.4, -0.2) is 58.8 Å². The summed E-state index contributed by atoms with van der Waals surface area (Å²) in [6.07, 6.45) is 4.04. The summed E-state index contributed by atoms with van der Waals surface area (Å²) < 4.78 is 5.29. The highest BCUT2D eigenvalue weighted by Gasteiger charge is 2.36. The number of ether oxygens (including phenoxy) is 1. The van der Waals surface area contributed by atoms with Crippen molar-refractivity contribution in [1.82, 2.24) is 15.5 Å². The van der Waals surface area contributed by atoms with Crippen LogP contribution in [0.4, 0.5) is 4.79 Å². The topological polar surface area (TPSA) is 108 Å². The monoisotopic (exact) mass is 505 g/mol. The van der Waals surface area contributed by atoms with E-state index in [1.165, 1.54) is 4.90 Å². The standard InChI is InChI=1S/C28H47N3O5/c1-9-10-11-12-13-14-31(26(34)23(18-32)30-27(35)36-28(6,7)8)24(25(33)29-19(2)3)22-16-20(4)15-21(5)17-22/h15-17,19,23-24,32H,9-14,18H2,1-8H3,(H,29,33)(H,30,35). The molecule has 0 aliphatic rings. The molecule has 0 aromatic heterocycles. The number of amides is 3. The number of aryl methyl sites for hydroxylation is 2. The predicted molar refractivity (Wildman–Crippen MR) is 143 cm³/mol. The van der Waals surface area contributed by atoms with Gasteiger partial charge in [-0.25, -0.2) is 4.79 Å². The minimum absolute atomic E-state index is 0.124. The predicted octanol–water partition coefficient (Wildman–Crippen LogP) is 4.55. The second-order valence-corrected chi connectivity index (χ2v) is 10.8. The van der Waals surface area contributed by atoms with E-state index in [1.54, 1.807) is 20.8 Å². The smallest absolute Gasteiger partial charge is 0.408 e. The molecule has 1 aromatic carbocycles. The summed E-state index contributed by atoms with van der Waals surface area (Å²) in [5.74, 6) is -0.826. The molecular formula is C28H47N3O5. The SMILES string of the molecule is CCCCCCCN(C(=O)C(CO)NC(=O)OC(C)(C)C)C(C(=O)NC(C)C)c1cc(C)cc(C)c1. The Balaban J connectivity index is 3.41. The number of rotatable bonds is 13. The maximum atomic E-state index is 13.8. The molecule has 0 bridgehead atoms. The minimum Gasteiger partial charge on any atom is -0.444 e. The van der Waals surface area contributed by atoms with Crippen LogP contribution in [0.3, 0.4) is 0 Å². The van der Waals surface area contributed by atoms with Crippen molar-refractivity contribution < 1.29 is 24.2 Å². The van der Waals surface area contributed by atoms with E-state index in [1.807, 2.05) is 45.9 Å². The fourth-order valence-corrected chi connectivity index (χ4v) is 4.09. The number of nitrogens with one attached hydrogen (secondary N) is 2. The molecule has 8 nitrogen and oxygen atoms in total. The lowest BCUT2D eigenvalue weighted by molar-refractivity contribution is -0.143. The molecule has 3 amide bonds. The van der Waals surface area contributed by atoms with E-state index < -0.39 is 36.3 Å². The molecule has 0 aliphatic carbocycles. The molecule has 3 N–H and O–H groups in total. The summed E-state index contributed by atoms with van der Waals surface area (Å²) in [6.45, 7) is 14.6. The van der Waals surface area contributed by atoms with Crippen LogP contribution in [0.1, 0.15) is 96.4 Å². The Bertz CT molecular complexity index is 843. The number of hydrogen-bond acceptors (Lipinski definition) is 5. The van der Waals surface area contributed by atoms with E-state index in [0.717, 1.165) is 36.8 Å². The van der Waals surface area contributed by atoms with E-state index in [4.69, 9.17) is 4.74 Å². The number of unbranched alkanes of at least 4 members (excludes halogenated alkanes) is 4. The van der Waals surface area contributed by atoms with E-state index in [0.29, 0.717) is 18.5 Å². The van der Waals surface area contributed by atoms with Crippen molar-refractivity contribution in [2.45, 2.75) is 111 Å². The molecule has 0 saturated heterocycles. The molecule has 36 heavy (non-hydrogen) atoms. The van der Waals surface area contributed by atoms with Crippen LogP contribution in [0.5, 0.6) is 0 Å². The quantitative estimate of drug-likeness (QED) is 0.341. The Kier molecular flexibility index (Phi) is 12.9. The van der Waals surface area contributed by atoms with Crippen molar-refractivity contribution >= 4 is 17.9 Å². The number of carbonyl (C=O) groups is 3. The fraction of sp³-hybridized carbons (Fsp3) is 0.679. The van der Waals surface area contributed by atoms with Gasteiger partial charge in [0.05, 0.1) is 6.61 Å². The highest BCUT2D eigenvalue weighted by molar-refractivity contribution is 5.92. The first-order chi connectivity index (χ1) is 16.8. The van der Waals surface area contributed by atoms with Gasteiger partial charge in [0.15, 0.2) is 0 Å². The first-order valence-corrected chi connectivity index (χ1v) is 13.1. The van der Waals surface area contributed by atoms with Crippen LogP contribution in [-0.2, 0) is 14.3 Å². The van der Waals surface area contributed by atoms with Crippen LogP contribution in [0, 0.1) is 13.8 Å². The Hall–Kier alpha value is -2.61. The normalized spacial score (nSPS) is 13.2. The van der Waals surface area contributed by atoms with E-state index in [9.17, 15) is 19.5 Å². The molecule has 0 fully saturated rings. The maximum Gasteiger partial charge on any atom is 0.408 e. The van der Waals surface area contributed by atoms with Gasteiger partial charge in [-0.1, -0.05) is 61.9 Å². The van der Waals surface area contributed by atoms with Crippen molar-refractivity contribution in [1.29, 1.82) is 0 Å². The summed E-state index contributed by atoms with van der Waals surface area (Å²) in [7, 11) is 0. The third kappa shape index (κ3) is 11.0. The van der Waals surface area contributed by atoms with Gasteiger partial charge < -0.3 is 25.4 Å². The number of nitrogens with zero attached hydrogens (tertiary/aromatic N) is 1. The lowest BCUT2D eigenvalue weighted by atomic mass is 9.98. The zero-order valence-corrected chi connectivity index (χ0v) is 23.4. The molecule has 0 radical (unpaired) electrons. The van der Waals surface area contributed by atoms with Crippen LogP contribution < -0.4 is 10.6 Å². The molecule has 0 aliphatic heterocycles. The van der Waals surface area contributed by atoms with Gasteiger partial charge in [0.1, 0.15) is 17.7 Å². The lowest BCUT2D eigenvalue weighted by Gasteiger charge is -2.35. The molecule has 1 rings (SSSR count). The molecular weight excluding hydrogens is 458 g/mol. The van der Waals surface area contributed by atoms with E-state index in [2.05, 4.69) is 17.6 Å². The minimum atomic E-state index is -1.24. The molecule has 8 heteroatoms. The van der Waals surface area contributed by atoms with Gasteiger partial charge in [-0.3, -0.25) is 9.59 Å². The number of benzene rings is 1. The molecule has 204 valence electrons. The van der Waals surface area contributed by atoms with Gasteiger partial charge in [-0.15, -0.1) is 0 Å². The van der Waals surface area contributed by atoms with Gasteiger partial charge in [-0.05, 0) is 60.5 Å². The van der Waals surface area contributed by atoms with Crippen LogP contribution in [0.25, 0.3) is 0 Å². The number of alkyl carbamates (subject to hydrolysis) is 1. The summed E-state index contributed by atoms with van der Waals surface area (Å²) >= 11 is 0. The van der Waals surface area contributed by atoms with Crippen molar-refractivity contribution in [2.24, 2.45) is 0 Å². The molecule has 2 atom stereocenters. The average Bonchev–Trinajstić information content (AvgIpc) is 2.73. The fourth-order valence-electron chi connectivity index (χ4n) is 4.09. The summed E-state index contributed by atoms with van der Waals surface area (Å²) in [4.78, 5) is 41.2. The van der Waals surface area contributed by atoms with E-state index in [-0.39, 0.29) is 11.9 Å². The number of aliphatic hydroxyl groups excluding tert-OH is 1. The average molecular weight is 506 g/mol. The number of aliphatic hydroxyl groups is 1. The largest absolute Gasteiger partial charge is 0.444 e. The number of carbonyl (C=O) groups excluding carboxylic acids is 3. The van der Waals surface area contributed by atoms with Crippen molar-refractivity contribution in [3.05, 3.63) is 34.9 Å². The van der Waals surface area contributed by atoms with Gasteiger partial charge in [0.2, 0.25) is 11.8 Å². The molecule has 0 spiro atoms. The van der Waals surface area contributed by atoms with E-state index >= 15 is 0 Å². The maximum absolute atomic E-state index is 13.8. The summed E-state index contributed by atoms with van der Waals surface area (Å²) in [5.41, 5.74) is 1.90. The zero-order valence-electron chi connectivity index (χ0n) is 23.4. The third-order valence-electron chi connectivity index (χ3n) is 5.51. The van der Waals surface area contributed by atoms with Gasteiger partial charge in [0, 0.05) is 12.6 Å².